The minimum absolute atomic E-state index is 0.0330. The normalized spacial score (nSPS) is 20.5. The lowest BCUT2D eigenvalue weighted by molar-refractivity contribution is -0.140. The number of fused-ring (bicyclic) bond motifs is 1. The maximum atomic E-state index is 13.0. The number of carbonyl (C=O) groups is 3. The van der Waals surface area contributed by atoms with E-state index in [1.807, 2.05) is 0 Å². The molecule has 2 atom stereocenters. The number of nitrogens with zero attached hydrogens (tertiary/aromatic N) is 2. The maximum Gasteiger partial charge on any atom is 0.264 e. The number of amides is 3. The van der Waals surface area contributed by atoms with Gasteiger partial charge in [-0.05, 0) is 43.2 Å². The third kappa shape index (κ3) is 4.64. The van der Waals surface area contributed by atoms with E-state index in [0.717, 1.165) is 25.7 Å². The molecule has 0 spiro atoms. The van der Waals surface area contributed by atoms with E-state index < -0.39 is 15.9 Å². The summed E-state index contributed by atoms with van der Waals surface area (Å²) in [5.74, 6) is -1.21. The average molecular weight is 470 g/mol. The Balaban J connectivity index is 1.40. The van der Waals surface area contributed by atoms with Gasteiger partial charge in [0.2, 0.25) is 17.7 Å². The summed E-state index contributed by atoms with van der Waals surface area (Å²) in [7, 11) is -2.35. The molecule has 9 heteroatoms. The van der Waals surface area contributed by atoms with Gasteiger partial charge < -0.3 is 5.32 Å². The highest BCUT2D eigenvalue weighted by atomic mass is 32.2. The zero-order chi connectivity index (χ0) is 23.6. The van der Waals surface area contributed by atoms with Crippen LogP contribution in [0.2, 0.25) is 0 Å². The summed E-state index contributed by atoms with van der Waals surface area (Å²) >= 11 is 0. The van der Waals surface area contributed by atoms with Gasteiger partial charge in [0.1, 0.15) is 0 Å². The molecule has 1 aliphatic carbocycles. The van der Waals surface area contributed by atoms with E-state index in [1.165, 1.54) is 28.4 Å². The third-order valence-electron chi connectivity index (χ3n) is 6.39. The molecule has 2 aliphatic rings. The predicted octanol–water partition coefficient (Wildman–Crippen LogP) is 3.02. The minimum Gasteiger partial charge on any atom is -0.326 e. The van der Waals surface area contributed by atoms with Crippen LogP contribution in [0.5, 0.6) is 0 Å². The van der Waals surface area contributed by atoms with Gasteiger partial charge in [-0.1, -0.05) is 37.1 Å². The standard InChI is InChI=1S/C24H27N3O5S/c1-26(18-9-3-2-4-10-18)33(31,32)19-11-7-8-17(16-19)25-22(28)14-15-27-23(29)20-12-5-6-13-21(20)24(27)30/h2-4,7-11,16,20-21H,5-6,12-15H2,1H3,(H,25,28)/t20-,21-/m1/s1. The molecule has 1 saturated carbocycles. The summed E-state index contributed by atoms with van der Waals surface area (Å²) in [6, 6.07) is 14.7. The molecule has 33 heavy (non-hydrogen) atoms. The van der Waals surface area contributed by atoms with Gasteiger partial charge in [-0.2, -0.15) is 0 Å². The van der Waals surface area contributed by atoms with Crippen molar-refractivity contribution in [2.75, 3.05) is 23.2 Å². The van der Waals surface area contributed by atoms with Gasteiger partial charge in [-0.25, -0.2) is 8.42 Å². The maximum absolute atomic E-state index is 13.0. The highest BCUT2D eigenvalue weighted by Crippen LogP contribution is 2.38. The van der Waals surface area contributed by atoms with E-state index in [2.05, 4.69) is 5.32 Å². The van der Waals surface area contributed by atoms with E-state index in [9.17, 15) is 22.8 Å². The molecule has 2 aromatic carbocycles. The number of carbonyl (C=O) groups excluding carboxylic acids is 3. The largest absolute Gasteiger partial charge is 0.326 e. The van der Waals surface area contributed by atoms with Crippen molar-refractivity contribution in [3.05, 3.63) is 54.6 Å². The molecule has 8 nitrogen and oxygen atoms in total. The van der Waals surface area contributed by atoms with Gasteiger partial charge in [0.05, 0.1) is 22.4 Å². The van der Waals surface area contributed by atoms with Crippen LogP contribution in [-0.2, 0) is 24.4 Å². The SMILES string of the molecule is CN(c1ccccc1)S(=O)(=O)c1cccc(NC(=O)CCN2C(=O)[C@@H]3CCCC[C@H]3C2=O)c1. The number of sulfonamides is 1. The number of anilines is 2. The van der Waals surface area contributed by atoms with Crippen LogP contribution < -0.4 is 9.62 Å². The number of hydrogen-bond acceptors (Lipinski definition) is 5. The first-order valence-electron chi connectivity index (χ1n) is 11.1. The lowest BCUT2D eigenvalue weighted by atomic mass is 9.81. The second-order valence-corrected chi connectivity index (χ2v) is 10.4. The van der Waals surface area contributed by atoms with Gasteiger partial charge in [-0.3, -0.25) is 23.6 Å². The van der Waals surface area contributed by atoms with Gasteiger partial charge in [0, 0.05) is 25.7 Å². The molecule has 1 heterocycles. The monoisotopic (exact) mass is 469 g/mol. The number of para-hydroxylation sites is 1. The van der Waals surface area contributed by atoms with Gasteiger partial charge in [-0.15, -0.1) is 0 Å². The van der Waals surface area contributed by atoms with Crippen molar-refractivity contribution in [2.45, 2.75) is 37.0 Å². The second-order valence-electron chi connectivity index (χ2n) is 8.46. The van der Waals surface area contributed by atoms with Crippen molar-refractivity contribution in [3.8, 4) is 0 Å². The van der Waals surface area contributed by atoms with Crippen LogP contribution in [0.3, 0.4) is 0 Å². The summed E-state index contributed by atoms with van der Waals surface area (Å²) in [5.41, 5.74) is 0.850. The van der Waals surface area contributed by atoms with Gasteiger partial charge >= 0.3 is 0 Å². The molecule has 3 amide bonds. The average Bonchev–Trinajstić information content (AvgIpc) is 3.07. The molecule has 0 bridgehead atoms. The zero-order valence-electron chi connectivity index (χ0n) is 18.4. The van der Waals surface area contributed by atoms with E-state index in [1.54, 1.807) is 42.5 Å². The molecule has 2 fully saturated rings. The summed E-state index contributed by atoms with van der Waals surface area (Å²) in [5, 5.41) is 2.68. The Morgan fingerprint density at radius 3 is 2.27 bits per heavy atom. The van der Waals surface area contributed by atoms with E-state index in [4.69, 9.17) is 0 Å². The topological polar surface area (TPSA) is 104 Å². The summed E-state index contributed by atoms with van der Waals surface area (Å²) in [6.45, 7) is 0.0330. The number of benzene rings is 2. The molecule has 2 aromatic rings. The molecule has 0 aromatic heterocycles. The van der Waals surface area contributed by atoms with Crippen molar-refractivity contribution in [1.82, 2.24) is 4.90 Å². The van der Waals surface area contributed by atoms with Crippen molar-refractivity contribution in [3.63, 3.8) is 0 Å². The highest BCUT2D eigenvalue weighted by Gasteiger charge is 2.47. The van der Waals surface area contributed by atoms with Crippen molar-refractivity contribution in [1.29, 1.82) is 0 Å². The molecule has 0 radical (unpaired) electrons. The Bertz CT molecular complexity index is 1140. The molecular formula is C24H27N3O5S. The van der Waals surface area contributed by atoms with Gasteiger partial charge in [0.25, 0.3) is 10.0 Å². The Hall–Kier alpha value is -3.20. The molecule has 1 aliphatic heterocycles. The first kappa shape index (κ1) is 23.0. The zero-order valence-corrected chi connectivity index (χ0v) is 19.3. The molecular weight excluding hydrogens is 442 g/mol. The lowest BCUT2D eigenvalue weighted by Gasteiger charge is -2.20. The molecule has 0 unspecified atom stereocenters. The first-order valence-corrected chi connectivity index (χ1v) is 12.5. The first-order chi connectivity index (χ1) is 15.8. The van der Waals surface area contributed by atoms with Crippen LogP contribution in [-0.4, -0.2) is 44.6 Å². The van der Waals surface area contributed by atoms with Crippen LogP contribution >= 0.6 is 0 Å². The Morgan fingerprint density at radius 2 is 1.64 bits per heavy atom. The number of likely N-dealkylation sites (tertiary alicyclic amines) is 1. The van der Waals surface area contributed by atoms with Gasteiger partial charge in [0.15, 0.2) is 0 Å². The summed E-state index contributed by atoms with van der Waals surface area (Å²) in [4.78, 5) is 38.9. The van der Waals surface area contributed by atoms with Crippen LogP contribution in [0, 0.1) is 11.8 Å². The fourth-order valence-corrected chi connectivity index (χ4v) is 5.80. The predicted molar refractivity (Wildman–Crippen MR) is 124 cm³/mol. The van der Waals surface area contributed by atoms with Crippen molar-refractivity contribution < 1.29 is 22.8 Å². The molecule has 1 saturated heterocycles. The second kappa shape index (κ2) is 9.35. The quantitative estimate of drug-likeness (QED) is 0.628. The Labute approximate surface area is 193 Å². The Kier molecular flexibility index (Phi) is 6.51. The van der Waals surface area contributed by atoms with E-state index in [0.29, 0.717) is 11.4 Å². The summed E-state index contributed by atoms with van der Waals surface area (Å²) in [6.07, 6.45) is 3.32. The fraction of sp³-hybridized carbons (Fsp3) is 0.375. The number of nitrogens with one attached hydrogen (secondary N) is 1. The minimum atomic E-state index is -3.82. The number of hydrogen-bond donors (Lipinski definition) is 1. The number of imide groups is 1. The van der Waals surface area contributed by atoms with Crippen LogP contribution in [0.1, 0.15) is 32.1 Å². The van der Waals surface area contributed by atoms with Crippen LogP contribution in [0.15, 0.2) is 59.5 Å². The smallest absolute Gasteiger partial charge is 0.264 e. The van der Waals surface area contributed by atoms with E-state index >= 15 is 0 Å². The lowest BCUT2D eigenvalue weighted by Crippen LogP contribution is -2.34. The fourth-order valence-electron chi connectivity index (χ4n) is 4.56. The van der Waals surface area contributed by atoms with Crippen LogP contribution in [0.25, 0.3) is 0 Å². The summed E-state index contributed by atoms with van der Waals surface area (Å²) < 4.78 is 27.2. The van der Waals surface area contributed by atoms with Crippen LogP contribution in [0.4, 0.5) is 11.4 Å². The molecule has 174 valence electrons. The third-order valence-corrected chi connectivity index (χ3v) is 8.17. The molecule has 1 N–H and O–H groups in total. The van der Waals surface area contributed by atoms with Crippen molar-refractivity contribution >= 4 is 39.1 Å². The van der Waals surface area contributed by atoms with E-state index in [-0.39, 0.29) is 41.5 Å². The van der Waals surface area contributed by atoms with Crippen molar-refractivity contribution in [2.24, 2.45) is 11.8 Å². The molecule has 4 rings (SSSR count). The Morgan fingerprint density at radius 1 is 1.00 bits per heavy atom. The highest BCUT2D eigenvalue weighted by molar-refractivity contribution is 7.92. The number of rotatable bonds is 7.